The van der Waals surface area contributed by atoms with E-state index in [9.17, 15) is 18.0 Å². The number of sulfonamides is 1. The van der Waals surface area contributed by atoms with Crippen LogP contribution in [0, 0.1) is 19.8 Å². The van der Waals surface area contributed by atoms with E-state index in [0.717, 1.165) is 16.7 Å². The average Bonchev–Trinajstić information content (AvgIpc) is 2.84. The van der Waals surface area contributed by atoms with Gasteiger partial charge in [-0.05, 0) is 73.6 Å². The third-order valence-corrected chi connectivity index (χ3v) is 7.42. The molecule has 0 saturated carbocycles. The molecule has 2 rings (SSSR count). The van der Waals surface area contributed by atoms with E-state index in [1.54, 1.807) is 12.0 Å². The first kappa shape index (κ1) is 31.1. The average molecular weight is 546 g/mol. The third-order valence-electron chi connectivity index (χ3n) is 6.23. The highest BCUT2D eigenvalue weighted by molar-refractivity contribution is 7.92. The van der Waals surface area contributed by atoms with Gasteiger partial charge in [-0.1, -0.05) is 39.0 Å². The summed E-state index contributed by atoms with van der Waals surface area (Å²) < 4.78 is 31.8. The minimum Gasteiger partial charge on any atom is -0.497 e. The Morgan fingerprint density at radius 1 is 1.03 bits per heavy atom. The normalized spacial score (nSPS) is 12.2. The molecule has 2 aromatic rings. The monoisotopic (exact) mass is 545 g/mol. The molecule has 2 amide bonds. The molecule has 1 N–H and O–H groups in total. The number of rotatable bonds is 14. The zero-order valence-corrected chi connectivity index (χ0v) is 24.6. The Morgan fingerprint density at radius 2 is 1.63 bits per heavy atom. The summed E-state index contributed by atoms with van der Waals surface area (Å²) in [5.74, 6) is 0.618. The summed E-state index contributed by atoms with van der Waals surface area (Å²) in [5, 5.41) is 2.96. The van der Waals surface area contributed by atoms with Crippen LogP contribution in [-0.2, 0) is 26.2 Å². The molecule has 8 nitrogen and oxygen atoms in total. The number of aryl methyl sites for hydroxylation is 2. The van der Waals surface area contributed by atoms with E-state index >= 15 is 0 Å². The molecule has 0 bridgehead atoms. The van der Waals surface area contributed by atoms with Gasteiger partial charge in [0.1, 0.15) is 11.8 Å². The van der Waals surface area contributed by atoms with Crippen LogP contribution in [0.4, 0.5) is 5.69 Å². The van der Waals surface area contributed by atoms with Crippen molar-refractivity contribution in [2.24, 2.45) is 5.92 Å². The Hall–Kier alpha value is -3.07. The molecule has 0 aromatic heterocycles. The van der Waals surface area contributed by atoms with Gasteiger partial charge < -0.3 is 15.0 Å². The van der Waals surface area contributed by atoms with Gasteiger partial charge in [-0.3, -0.25) is 13.9 Å². The summed E-state index contributed by atoms with van der Waals surface area (Å²) >= 11 is 0. The van der Waals surface area contributed by atoms with Crippen LogP contribution >= 0.6 is 0 Å². The second kappa shape index (κ2) is 14.2. The number of benzene rings is 2. The third kappa shape index (κ3) is 9.35. The molecule has 0 unspecified atom stereocenters. The molecule has 38 heavy (non-hydrogen) atoms. The second-order valence-electron chi connectivity index (χ2n) is 10.2. The standard InChI is InChI=1S/C29H43N3O5S/c1-8-27(29(34)30-19-21(2)3)31(20-24-11-13-26(37-6)14-12-24)28(33)10-9-15-32(38(7,35)36)25-17-22(4)16-23(5)18-25/h11-14,16-18,21,27H,8-10,15,19-20H2,1-7H3,(H,30,34)/t27-/m0/s1. The van der Waals surface area contributed by atoms with Crippen LogP contribution in [0.5, 0.6) is 5.75 Å². The van der Waals surface area contributed by atoms with Crippen LogP contribution < -0.4 is 14.4 Å². The van der Waals surface area contributed by atoms with E-state index in [2.05, 4.69) is 5.32 Å². The molecule has 0 aliphatic rings. The lowest BCUT2D eigenvalue weighted by molar-refractivity contribution is -0.141. The summed E-state index contributed by atoms with van der Waals surface area (Å²) in [5.41, 5.74) is 3.40. The highest BCUT2D eigenvalue weighted by atomic mass is 32.2. The van der Waals surface area contributed by atoms with Crippen molar-refractivity contribution >= 4 is 27.5 Å². The van der Waals surface area contributed by atoms with E-state index in [0.29, 0.717) is 30.8 Å². The molecule has 0 spiro atoms. The van der Waals surface area contributed by atoms with Crippen molar-refractivity contribution in [1.29, 1.82) is 0 Å². The summed E-state index contributed by atoms with van der Waals surface area (Å²) in [6.45, 7) is 10.7. The van der Waals surface area contributed by atoms with Gasteiger partial charge in [-0.15, -0.1) is 0 Å². The fourth-order valence-corrected chi connectivity index (χ4v) is 5.32. The van der Waals surface area contributed by atoms with Gasteiger partial charge >= 0.3 is 0 Å². The minimum atomic E-state index is -3.54. The number of ether oxygens (including phenoxy) is 1. The molecule has 2 aromatic carbocycles. The van der Waals surface area contributed by atoms with Gasteiger partial charge in [-0.25, -0.2) is 8.42 Å². The van der Waals surface area contributed by atoms with Crippen LogP contribution in [-0.4, -0.2) is 57.6 Å². The van der Waals surface area contributed by atoms with E-state index in [-0.39, 0.29) is 37.2 Å². The van der Waals surface area contributed by atoms with Crippen LogP contribution in [0.15, 0.2) is 42.5 Å². The van der Waals surface area contributed by atoms with E-state index in [1.807, 2.05) is 77.1 Å². The molecule has 0 heterocycles. The van der Waals surface area contributed by atoms with E-state index in [1.165, 1.54) is 10.6 Å². The maximum atomic E-state index is 13.5. The van der Waals surface area contributed by atoms with E-state index < -0.39 is 16.1 Å². The van der Waals surface area contributed by atoms with Crippen LogP contribution in [0.1, 0.15) is 56.7 Å². The van der Waals surface area contributed by atoms with Crippen molar-refractivity contribution in [2.45, 2.75) is 66.5 Å². The number of amides is 2. The topological polar surface area (TPSA) is 96.0 Å². The van der Waals surface area contributed by atoms with Gasteiger partial charge in [0.05, 0.1) is 19.1 Å². The summed E-state index contributed by atoms with van der Waals surface area (Å²) in [6, 6.07) is 12.4. The fraction of sp³-hybridized carbons (Fsp3) is 0.517. The van der Waals surface area contributed by atoms with Crippen molar-refractivity contribution < 1.29 is 22.7 Å². The van der Waals surface area contributed by atoms with Crippen molar-refractivity contribution in [3.63, 3.8) is 0 Å². The van der Waals surface area contributed by atoms with Gasteiger partial charge in [0.15, 0.2) is 0 Å². The van der Waals surface area contributed by atoms with Gasteiger partial charge in [0, 0.05) is 26.1 Å². The molecule has 9 heteroatoms. The maximum Gasteiger partial charge on any atom is 0.242 e. The van der Waals surface area contributed by atoms with Crippen molar-refractivity contribution in [2.75, 3.05) is 30.8 Å². The Morgan fingerprint density at radius 3 is 2.13 bits per heavy atom. The first-order valence-corrected chi connectivity index (χ1v) is 15.0. The number of hydrogen-bond acceptors (Lipinski definition) is 5. The lowest BCUT2D eigenvalue weighted by Crippen LogP contribution is -2.49. The lowest BCUT2D eigenvalue weighted by Gasteiger charge is -2.31. The number of hydrogen-bond donors (Lipinski definition) is 1. The Balaban J connectivity index is 2.24. The summed E-state index contributed by atoms with van der Waals surface area (Å²) in [6.07, 6.45) is 2.07. The number of carbonyl (C=O) groups is 2. The molecule has 210 valence electrons. The molecular weight excluding hydrogens is 502 g/mol. The molecule has 0 aliphatic carbocycles. The predicted octanol–water partition coefficient (Wildman–Crippen LogP) is 4.44. The molecule has 0 fully saturated rings. The molecular formula is C29H43N3O5S. The van der Waals surface area contributed by atoms with Crippen molar-refractivity contribution in [3.05, 3.63) is 59.2 Å². The maximum absolute atomic E-state index is 13.5. The summed E-state index contributed by atoms with van der Waals surface area (Å²) in [4.78, 5) is 28.2. The smallest absolute Gasteiger partial charge is 0.242 e. The summed E-state index contributed by atoms with van der Waals surface area (Å²) in [7, 11) is -1.95. The van der Waals surface area contributed by atoms with Crippen molar-refractivity contribution in [1.82, 2.24) is 10.2 Å². The largest absolute Gasteiger partial charge is 0.497 e. The first-order chi connectivity index (χ1) is 17.8. The SMILES string of the molecule is CC[C@@H](C(=O)NCC(C)C)N(Cc1ccc(OC)cc1)C(=O)CCCN(c1cc(C)cc(C)c1)S(C)(=O)=O. The van der Waals surface area contributed by atoms with E-state index in [4.69, 9.17) is 4.74 Å². The number of anilines is 1. The zero-order valence-electron chi connectivity index (χ0n) is 23.8. The van der Waals surface area contributed by atoms with Crippen molar-refractivity contribution in [3.8, 4) is 5.75 Å². The molecule has 1 atom stereocenters. The van der Waals surface area contributed by atoms with Gasteiger partial charge in [-0.2, -0.15) is 0 Å². The van der Waals surface area contributed by atoms with Crippen LogP contribution in [0.25, 0.3) is 0 Å². The second-order valence-corrected chi connectivity index (χ2v) is 12.1. The Kier molecular flexibility index (Phi) is 11.6. The number of methoxy groups -OCH3 is 1. The highest BCUT2D eigenvalue weighted by Crippen LogP contribution is 2.23. The predicted molar refractivity (Wildman–Crippen MR) is 153 cm³/mol. The van der Waals surface area contributed by atoms with Crippen LogP contribution in [0.2, 0.25) is 0 Å². The quantitative estimate of drug-likeness (QED) is 0.379. The molecule has 0 saturated heterocycles. The zero-order chi connectivity index (χ0) is 28.5. The number of nitrogens with one attached hydrogen (secondary N) is 1. The minimum absolute atomic E-state index is 0.112. The van der Waals surface area contributed by atoms with Gasteiger partial charge in [0.25, 0.3) is 0 Å². The number of carbonyl (C=O) groups excluding carboxylic acids is 2. The van der Waals surface area contributed by atoms with Crippen LogP contribution in [0.3, 0.4) is 0 Å². The fourth-order valence-electron chi connectivity index (χ4n) is 4.37. The highest BCUT2D eigenvalue weighted by Gasteiger charge is 2.29. The first-order valence-electron chi connectivity index (χ1n) is 13.1. The number of nitrogens with zero attached hydrogens (tertiary/aromatic N) is 2. The molecule has 0 aliphatic heterocycles. The van der Waals surface area contributed by atoms with Gasteiger partial charge in [0.2, 0.25) is 21.8 Å². The Bertz CT molecular complexity index is 1160. The molecule has 0 radical (unpaired) electrons. The Labute approximate surface area is 228 Å². The lowest BCUT2D eigenvalue weighted by atomic mass is 10.1.